The molecule has 0 saturated heterocycles. The predicted molar refractivity (Wildman–Crippen MR) is 103 cm³/mol. The van der Waals surface area contributed by atoms with E-state index in [1.165, 1.54) is 12.1 Å². The molecule has 0 fully saturated rings. The molecule has 3 aromatic rings. The molecule has 0 spiro atoms. The van der Waals surface area contributed by atoms with E-state index in [2.05, 4.69) is 5.32 Å². The van der Waals surface area contributed by atoms with Gasteiger partial charge in [-0.15, -0.1) is 0 Å². The van der Waals surface area contributed by atoms with Crippen LogP contribution in [0.1, 0.15) is 29.3 Å². The molecule has 3 rings (SSSR count). The van der Waals surface area contributed by atoms with Crippen LogP contribution in [0.4, 0.5) is 18.9 Å². The number of amides is 1. The molecule has 1 N–H and O–H groups in total. The molecular formula is C20H15ClF3NO4. The Hall–Kier alpha value is -3.00. The van der Waals surface area contributed by atoms with Gasteiger partial charge in [0.1, 0.15) is 16.9 Å². The van der Waals surface area contributed by atoms with Gasteiger partial charge in [0.25, 0.3) is 5.91 Å². The minimum atomic E-state index is -4.61. The van der Waals surface area contributed by atoms with Crippen LogP contribution in [-0.2, 0) is 6.18 Å². The molecule has 5 nitrogen and oxygen atoms in total. The smallest absolute Gasteiger partial charge is 0.416 e. The van der Waals surface area contributed by atoms with E-state index >= 15 is 0 Å². The average Bonchev–Trinajstić information content (AvgIpc) is 2.66. The lowest BCUT2D eigenvalue weighted by Gasteiger charge is -2.11. The first-order valence-corrected chi connectivity index (χ1v) is 8.95. The van der Waals surface area contributed by atoms with Gasteiger partial charge in [-0.2, -0.15) is 13.2 Å². The Bertz CT molecular complexity index is 1120. The number of benzene rings is 2. The second-order valence-corrected chi connectivity index (χ2v) is 6.55. The van der Waals surface area contributed by atoms with Gasteiger partial charge in [-0.3, -0.25) is 4.79 Å². The zero-order valence-electron chi connectivity index (χ0n) is 15.1. The van der Waals surface area contributed by atoms with Gasteiger partial charge in [0, 0.05) is 11.5 Å². The number of carbonyl (C=O) groups is 1. The van der Waals surface area contributed by atoms with Crippen molar-refractivity contribution in [2.45, 2.75) is 19.5 Å². The predicted octanol–water partition coefficient (Wildman–Crippen LogP) is 5.51. The van der Waals surface area contributed by atoms with Crippen molar-refractivity contribution >= 4 is 34.2 Å². The number of hydrogen-bond donors (Lipinski definition) is 1. The molecule has 2 aromatic carbocycles. The topological polar surface area (TPSA) is 68.5 Å². The molecule has 152 valence electrons. The van der Waals surface area contributed by atoms with Gasteiger partial charge < -0.3 is 14.5 Å². The van der Waals surface area contributed by atoms with E-state index in [0.717, 1.165) is 18.6 Å². The molecule has 1 amide bonds. The molecule has 1 aromatic heterocycles. The highest BCUT2D eigenvalue weighted by molar-refractivity contribution is 6.34. The maximum absolute atomic E-state index is 12.9. The third-order valence-electron chi connectivity index (χ3n) is 3.97. The summed E-state index contributed by atoms with van der Waals surface area (Å²) in [6.45, 7) is 2.44. The monoisotopic (exact) mass is 425 g/mol. The quantitative estimate of drug-likeness (QED) is 0.547. The van der Waals surface area contributed by atoms with Crippen molar-refractivity contribution in [1.29, 1.82) is 0 Å². The summed E-state index contributed by atoms with van der Waals surface area (Å²) < 4.78 is 49.3. The third-order valence-corrected chi connectivity index (χ3v) is 4.30. The second kappa shape index (κ2) is 8.16. The summed E-state index contributed by atoms with van der Waals surface area (Å²) in [5.41, 5.74) is -2.34. The van der Waals surface area contributed by atoms with Crippen molar-refractivity contribution in [2.75, 3.05) is 11.9 Å². The summed E-state index contributed by atoms with van der Waals surface area (Å²) in [7, 11) is 0. The molecule has 0 bridgehead atoms. The third kappa shape index (κ3) is 4.71. The summed E-state index contributed by atoms with van der Waals surface area (Å²) in [6, 6.07) is 8.58. The number of alkyl halides is 3. The zero-order chi connectivity index (χ0) is 21.2. The number of fused-ring (bicyclic) bond motifs is 1. The highest BCUT2D eigenvalue weighted by Crippen LogP contribution is 2.34. The number of hydrogen-bond acceptors (Lipinski definition) is 4. The van der Waals surface area contributed by atoms with E-state index in [-0.39, 0.29) is 21.9 Å². The van der Waals surface area contributed by atoms with Crippen LogP contribution >= 0.6 is 11.6 Å². The van der Waals surface area contributed by atoms with Gasteiger partial charge >= 0.3 is 11.8 Å². The molecule has 29 heavy (non-hydrogen) atoms. The van der Waals surface area contributed by atoms with Crippen molar-refractivity contribution < 1.29 is 27.1 Å². The van der Waals surface area contributed by atoms with Gasteiger partial charge in [-0.1, -0.05) is 18.5 Å². The highest BCUT2D eigenvalue weighted by atomic mass is 35.5. The van der Waals surface area contributed by atoms with Gasteiger partial charge in [-0.25, -0.2) is 4.79 Å². The number of nitrogens with one attached hydrogen (secondary N) is 1. The Morgan fingerprint density at radius 1 is 1.17 bits per heavy atom. The molecule has 0 aliphatic heterocycles. The minimum Gasteiger partial charge on any atom is -0.493 e. The van der Waals surface area contributed by atoms with E-state index in [1.54, 1.807) is 12.1 Å². The summed E-state index contributed by atoms with van der Waals surface area (Å²) >= 11 is 5.87. The number of rotatable bonds is 5. The maximum atomic E-state index is 12.9. The highest BCUT2D eigenvalue weighted by Gasteiger charge is 2.31. The van der Waals surface area contributed by atoms with E-state index < -0.39 is 23.3 Å². The van der Waals surface area contributed by atoms with Crippen LogP contribution in [-0.4, -0.2) is 12.5 Å². The molecule has 1 heterocycles. The molecule has 0 saturated carbocycles. The maximum Gasteiger partial charge on any atom is 0.416 e. The first-order chi connectivity index (χ1) is 13.7. The van der Waals surface area contributed by atoms with Crippen molar-refractivity contribution in [3.63, 3.8) is 0 Å². The van der Waals surface area contributed by atoms with Crippen LogP contribution in [0.15, 0.2) is 51.7 Å². The number of anilines is 1. The lowest BCUT2D eigenvalue weighted by atomic mass is 10.1. The summed E-state index contributed by atoms with van der Waals surface area (Å²) in [6.07, 6.45) is -3.80. The van der Waals surface area contributed by atoms with Crippen LogP contribution in [0.3, 0.4) is 0 Å². The Morgan fingerprint density at radius 2 is 1.93 bits per heavy atom. The largest absolute Gasteiger partial charge is 0.493 e. The van der Waals surface area contributed by atoms with Crippen molar-refractivity contribution in [1.82, 2.24) is 0 Å². The summed E-state index contributed by atoms with van der Waals surface area (Å²) in [5, 5.41) is 2.58. The molecule has 0 aliphatic rings. The lowest BCUT2D eigenvalue weighted by Crippen LogP contribution is -2.21. The van der Waals surface area contributed by atoms with Gasteiger partial charge in [0.05, 0.1) is 22.9 Å². The van der Waals surface area contributed by atoms with E-state index in [1.807, 2.05) is 6.92 Å². The van der Waals surface area contributed by atoms with Gasteiger partial charge in [-0.05, 0) is 42.8 Å². The van der Waals surface area contributed by atoms with Crippen LogP contribution in [0.2, 0.25) is 5.02 Å². The molecule has 0 aliphatic carbocycles. The standard InChI is InChI=1S/C20H15ClF3NO4/c1-2-7-28-13-5-3-11-8-14(19(27)29-17(11)10-13)18(26)25-16-9-12(20(22,23)24)4-6-15(16)21/h3-6,8-10H,2,7H2,1H3,(H,25,26). The average molecular weight is 426 g/mol. The Labute approximate surface area is 168 Å². The van der Waals surface area contributed by atoms with Crippen LogP contribution in [0.5, 0.6) is 5.75 Å². The summed E-state index contributed by atoms with van der Waals surface area (Å²) in [5.74, 6) is -0.427. The fraction of sp³-hybridized carbons (Fsp3) is 0.200. The van der Waals surface area contributed by atoms with Crippen LogP contribution < -0.4 is 15.7 Å². The fourth-order valence-corrected chi connectivity index (χ4v) is 2.71. The Kier molecular flexibility index (Phi) is 5.83. The van der Waals surface area contributed by atoms with Gasteiger partial charge in [0.15, 0.2) is 0 Å². The van der Waals surface area contributed by atoms with Crippen LogP contribution in [0.25, 0.3) is 11.0 Å². The molecular weight excluding hydrogens is 411 g/mol. The normalized spacial score (nSPS) is 11.5. The molecule has 0 radical (unpaired) electrons. The van der Waals surface area contributed by atoms with Crippen molar-refractivity contribution in [2.24, 2.45) is 0 Å². The molecule has 0 unspecified atom stereocenters. The Morgan fingerprint density at radius 3 is 2.62 bits per heavy atom. The summed E-state index contributed by atoms with van der Waals surface area (Å²) in [4.78, 5) is 24.7. The Balaban J connectivity index is 1.91. The van der Waals surface area contributed by atoms with Crippen molar-refractivity contribution in [3.05, 3.63) is 69.0 Å². The SMILES string of the molecule is CCCOc1ccc2cc(C(=O)Nc3cc(C(F)(F)F)ccc3Cl)c(=O)oc2c1. The number of halogens is 4. The fourth-order valence-electron chi connectivity index (χ4n) is 2.55. The zero-order valence-corrected chi connectivity index (χ0v) is 15.9. The van der Waals surface area contributed by atoms with Crippen LogP contribution in [0, 0.1) is 0 Å². The molecule has 0 atom stereocenters. The van der Waals surface area contributed by atoms with E-state index in [9.17, 15) is 22.8 Å². The van der Waals surface area contributed by atoms with E-state index in [0.29, 0.717) is 23.8 Å². The first kappa shape index (κ1) is 20.7. The van der Waals surface area contributed by atoms with E-state index in [4.69, 9.17) is 20.8 Å². The first-order valence-electron chi connectivity index (χ1n) is 8.58. The minimum absolute atomic E-state index is 0.103. The lowest BCUT2D eigenvalue weighted by molar-refractivity contribution is -0.137. The number of carbonyl (C=O) groups excluding carboxylic acids is 1. The number of ether oxygens (including phenoxy) is 1. The van der Waals surface area contributed by atoms with Crippen molar-refractivity contribution in [3.8, 4) is 5.75 Å². The molecule has 9 heteroatoms. The second-order valence-electron chi connectivity index (χ2n) is 6.14. The van der Waals surface area contributed by atoms with Gasteiger partial charge in [0.2, 0.25) is 0 Å².